The summed E-state index contributed by atoms with van der Waals surface area (Å²) in [4.78, 5) is 4.31. The smallest absolute Gasteiger partial charge is 0.123 e. The van der Waals surface area contributed by atoms with Gasteiger partial charge in [0.05, 0.1) is 18.1 Å². The van der Waals surface area contributed by atoms with Crippen molar-refractivity contribution >= 4 is 0 Å². The standard InChI is InChI=1S/C13H16FN3/c1-9-4-5-10(14)6-11(9)13(15-2)12-7-17(3)8-16-12/h4-8,13,15H,1-3H3. The van der Waals surface area contributed by atoms with E-state index in [1.807, 2.05) is 31.8 Å². The quantitative estimate of drug-likeness (QED) is 0.880. The van der Waals surface area contributed by atoms with E-state index in [0.29, 0.717) is 0 Å². The van der Waals surface area contributed by atoms with Crippen LogP contribution in [0.5, 0.6) is 0 Å². The molecule has 0 bridgehead atoms. The summed E-state index contributed by atoms with van der Waals surface area (Å²) in [6, 6.07) is 4.75. The minimum atomic E-state index is -0.221. The Morgan fingerprint density at radius 3 is 2.76 bits per heavy atom. The molecule has 0 saturated heterocycles. The Morgan fingerprint density at radius 2 is 2.18 bits per heavy atom. The highest BCUT2D eigenvalue weighted by Crippen LogP contribution is 2.23. The molecule has 1 aromatic carbocycles. The minimum Gasteiger partial charge on any atom is -0.340 e. The second-order valence-electron chi connectivity index (χ2n) is 4.19. The Hall–Kier alpha value is -1.68. The second-order valence-corrected chi connectivity index (χ2v) is 4.19. The van der Waals surface area contributed by atoms with Gasteiger partial charge in [0.2, 0.25) is 0 Å². The van der Waals surface area contributed by atoms with Crippen LogP contribution in [0.4, 0.5) is 4.39 Å². The van der Waals surface area contributed by atoms with Gasteiger partial charge in [0, 0.05) is 13.2 Å². The molecule has 1 N–H and O–H groups in total. The summed E-state index contributed by atoms with van der Waals surface area (Å²) < 4.78 is 15.2. The zero-order valence-electron chi connectivity index (χ0n) is 10.2. The van der Waals surface area contributed by atoms with Crippen LogP contribution in [0.15, 0.2) is 30.7 Å². The SMILES string of the molecule is CNC(c1cn(C)cn1)c1cc(F)ccc1C. The lowest BCUT2D eigenvalue weighted by Gasteiger charge is -2.16. The Morgan fingerprint density at radius 1 is 1.41 bits per heavy atom. The molecule has 1 atom stereocenters. The molecule has 0 amide bonds. The number of nitrogens with zero attached hydrogens (tertiary/aromatic N) is 2. The molecule has 0 spiro atoms. The highest BCUT2D eigenvalue weighted by atomic mass is 19.1. The lowest BCUT2D eigenvalue weighted by molar-refractivity contribution is 0.612. The van der Waals surface area contributed by atoms with E-state index in [4.69, 9.17) is 0 Å². The number of aryl methyl sites for hydroxylation is 2. The molecule has 1 unspecified atom stereocenters. The number of hydrogen-bond acceptors (Lipinski definition) is 2. The molecule has 0 fully saturated rings. The molecule has 0 saturated carbocycles. The van der Waals surface area contributed by atoms with E-state index in [0.717, 1.165) is 16.8 Å². The summed E-state index contributed by atoms with van der Waals surface area (Å²) in [5.74, 6) is -0.221. The minimum absolute atomic E-state index is 0.0769. The van der Waals surface area contributed by atoms with Crippen LogP contribution < -0.4 is 5.32 Å². The van der Waals surface area contributed by atoms with Crippen LogP contribution in [0, 0.1) is 12.7 Å². The summed E-state index contributed by atoms with van der Waals surface area (Å²) >= 11 is 0. The molecule has 2 aromatic rings. The number of imidazole rings is 1. The monoisotopic (exact) mass is 233 g/mol. The number of halogens is 1. The number of nitrogens with one attached hydrogen (secondary N) is 1. The first-order valence-electron chi connectivity index (χ1n) is 5.53. The summed E-state index contributed by atoms with van der Waals surface area (Å²) in [5.41, 5.74) is 2.87. The van der Waals surface area contributed by atoms with Crippen molar-refractivity contribution in [1.82, 2.24) is 14.9 Å². The molecule has 17 heavy (non-hydrogen) atoms. The average molecular weight is 233 g/mol. The fourth-order valence-electron chi connectivity index (χ4n) is 1.97. The summed E-state index contributed by atoms with van der Waals surface area (Å²) in [6.45, 7) is 1.97. The molecule has 2 rings (SSSR count). The lowest BCUT2D eigenvalue weighted by atomic mass is 9.99. The zero-order chi connectivity index (χ0) is 12.4. The summed E-state index contributed by atoms with van der Waals surface area (Å²) in [5, 5.41) is 3.17. The molecular formula is C13H16FN3. The van der Waals surface area contributed by atoms with Crippen LogP contribution in [-0.4, -0.2) is 16.6 Å². The largest absolute Gasteiger partial charge is 0.340 e. The topological polar surface area (TPSA) is 29.9 Å². The second kappa shape index (κ2) is 4.67. The molecule has 0 aliphatic heterocycles. The Balaban J connectivity index is 2.45. The van der Waals surface area contributed by atoms with Crippen molar-refractivity contribution in [1.29, 1.82) is 0 Å². The summed E-state index contributed by atoms with van der Waals surface area (Å²) in [6.07, 6.45) is 3.68. The van der Waals surface area contributed by atoms with Gasteiger partial charge >= 0.3 is 0 Å². The van der Waals surface area contributed by atoms with Gasteiger partial charge in [-0.15, -0.1) is 0 Å². The van der Waals surface area contributed by atoms with Crippen LogP contribution in [0.25, 0.3) is 0 Å². The van der Waals surface area contributed by atoms with Crippen molar-refractivity contribution in [3.63, 3.8) is 0 Å². The number of benzene rings is 1. The van der Waals surface area contributed by atoms with Gasteiger partial charge in [0.1, 0.15) is 5.82 Å². The van der Waals surface area contributed by atoms with E-state index >= 15 is 0 Å². The maximum absolute atomic E-state index is 13.3. The third kappa shape index (κ3) is 2.36. The predicted octanol–water partition coefficient (Wildman–Crippen LogP) is 2.18. The molecule has 0 aliphatic carbocycles. The van der Waals surface area contributed by atoms with E-state index in [2.05, 4.69) is 10.3 Å². The predicted molar refractivity (Wildman–Crippen MR) is 65.2 cm³/mol. The van der Waals surface area contributed by atoms with Gasteiger partial charge in [-0.2, -0.15) is 0 Å². The van der Waals surface area contributed by atoms with Gasteiger partial charge < -0.3 is 9.88 Å². The molecule has 90 valence electrons. The van der Waals surface area contributed by atoms with Crippen molar-refractivity contribution in [2.24, 2.45) is 7.05 Å². The highest BCUT2D eigenvalue weighted by Gasteiger charge is 2.17. The van der Waals surface area contributed by atoms with Crippen molar-refractivity contribution in [2.75, 3.05) is 7.05 Å². The number of aromatic nitrogens is 2. The average Bonchev–Trinajstić information content (AvgIpc) is 2.71. The van der Waals surface area contributed by atoms with E-state index in [-0.39, 0.29) is 11.9 Å². The van der Waals surface area contributed by atoms with Gasteiger partial charge in [-0.25, -0.2) is 9.37 Å². The van der Waals surface area contributed by atoms with Crippen molar-refractivity contribution < 1.29 is 4.39 Å². The molecule has 3 nitrogen and oxygen atoms in total. The van der Waals surface area contributed by atoms with Crippen molar-refractivity contribution in [3.8, 4) is 0 Å². The van der Waals surface area contributed by atoms with E-state index in [1.165, 1.54) is 6.07 Å². The number of rotatable bonds is 3. The van der Waals surface area contributed by atoms with Crippen LogP contribution in [-0.2, 0) is 7.05 Å². The van der Waals surface area contributed by atoms with E-state index in [1.54, 1.807) is 18.5 Å². The third-order valence-corrected chi connectivity index (χ3v) is 2.86. The zero-order valence-corrected chi connectivity index (χ0v) is 10.2. The Kier molecular flexibility index (Phi) is 3.24. The molecule has 0 radical (unpaired) electrons. The van der Waals surface area contributed by atoms with Gasteiger partial charge in [-0.1, -0.05) is 6.07 Å². The van der Waals surface area contributed by atoms with Crippen LogP contribution in [0.3, 0.4) is 0 Å². The number of hydrogen-bond donors (Lipinski definition) is 1. The maximum atomic E-state index is 13.3. The lowest BCUT2D eigenvalue weighted by Crippen LogP contribution is -2.19. The van der Waals surface area contributed by atoms with Gasteiger partial charge in [0.25, 0.3) is 0 Å². The summed E-state index contributed by atoms with van der Waals surface area (Å²) in [7, 11) is 3.77. The molecule has 4 heteroatoms. The Bertz CT molecular complexity index is 519. The van der Waals surface area contributed by atoms with Gasteiger partial charge in [-0.05, 0) is 37.2 Å². The first-order chi connectivity index (χ1) is 8.11. The third-order valence-electron chi connectivity index (χ3n) is 2.86. The van der Waals surface area contributed by atoms with Crippen molar-refractivity contribution in [3.05, 3.63) is 53.4 Å². The highest BCUT2D eigenvalue weighted by molar-refractivity contribution is 5.34. The van der Waals surface area contributed by atoms with Crippen LogP contribution in [0.1, 0.15) is 22.9 Å². The maximum Gasteiger partial charge on any atom is 0.123 e. The molecule has 1 aromatic heterocycles. The van der Waals surface area contributed by atoms with E-state index < -0.39 is 0 Å². The first-order valence-corrected chi connectivity index (χ1v) is 5.53. The molecule has 0 aliphatic rings. The fraction of sp³-hybridized carbons (Fsp3) is 0.308. The normalized spacial score (nSPS) is 12.7. The van der Waals surface area contributed by atoms with Gasteiger partial charge in [-0.3, -0.25) is 0 Å². The van der Waals surface area contributed by atoms with Crippen LogP contribution >= 0.6 is 0 Å². The van der Waals surface area contributed by atoms with Crippen molar-refractivity contribution in [2.45, 2.75) is 13.0 Å². The molecule has 1 heterocycles. The fourth-order valence-corrected chi connectivity index (χ4v) is 1.97. The Labute approximate surface area is 100 Å². The van der Waals surface area contributed by atoms with E-state index in [9.17, 15) is 4.39 Å². The van der Waals surface area contributed by atoms with Crippen LogP contribution in [0.2, 0.25) is 0 Å². The van der Waals surface area contributed by atoms with Gasteiger partial charge in [0.15, 0.2) is 0 Å². The molecular weight excluding hydrogens is 217 g/mol. The first kappa shape index (κ1) is 11.8.